The fraction of sp³-hybridized carbons (Fsp3) is 0.462. The maximum Gasteiger partial charge on any atom is 0.241 e. The summed E-state index contributed by atoms with van der Waals surface area (Å²) in [5, 5.41) is 3.72. The Labute approximate surface area is 113 Å². The molecule has 1 aromatic rings. The lowest BCUT2D eigenvalue weighted by Crippen LogP contribution is -2.31. The minimum absolute atomic E-state index is 0.0344. The number of benzene rings is 1. The Morgan fingerprint density at radius 3 is 2.72 bits per heavy atom. The summed E-state index contributed by atoms with van der Waals surface area (Å²) in [7, 11) is 3.35. The third-order valence-electron chi connectivity index (χ3n) is 2.81. The first-order valence-electron chi connectivity index (χ1n) is 5.81. The van der Waals surface area contributed by atoms with E-state index in [2.05, 4.69) is 5.32 Å². The number of nitrogens with zero attached hydrogens (tertiary/aromatic N) is 1. The average molecular weight is 271 g/mol. The predicted octanol–water partition coefficient (Wildman–Crippen LogP) is 2.55. The smallest absolute Gasteiger partial charge is 0.241 e. The molecule has 0 aliphatic carbocycles. The van der Waals surface area contributed by atoms with Crippen molar-refractivity contribution in [2.45, 2.75) is 13.8 Å². The molecule has 1 aromatic carbocycles. The standard InChI is InChI=1S/C13H19ClN2O2/c1-5-16(3)13(17)8-15-11-6-9(2)10(14)7-12(11)18-4/h6-7,15H,5,8H2,1-4H3. The van der Waals surface area contributed by atoms with Crippen LogP contribution in [-0.2, 0) is 4.79 Å². The Balaban J connectivity index is 2.78. The van der Waals surface area contributed by atoms with Crippen LogP contribution < -0.4 is 10.1 Å². The van der Waals surface area contributed by atoms with E-state index in [0.717, 1.165) is 11.3 Å². The summed E-state index contributed by atoms with van der Waals surface area (Å²) in [5.74, 6) is 0.671. The van der Waals surface area contributed by atoms with Crippen LogP contribution in [-0.4, -0.2) is 38.1 Å². The van der Waals surface area contributed by atoms with Crippen molar-refractivity contribution in [2.24, 2.45) is 0 Å². The van der Waals surface area contributed by atoms with Gasteiger partial charge in [-0.2, -0.15) is 0 Å². The molecule has 0 saturated heterocycles. The molecule has 100 valence electrons. The van der Waals surface area contributed by atoms with Gasteiger partial charge in [0.2, 0.25) is 5.91 Å². The van der Waals surface area contributed by atoms with Crippen molar-refractivity contribution in [1.82, 2.24) is 4.90 Å². The van der Waals surface area contributed by atoms with Gasteiger partial charge in [0.25, 0.3) is 0 Å². The van der Waals surface area contributed by atoms with Crippen LogP contribution in [0.2, 0.25) is 5.02 Å². The van der Waals surface area contributed by atoms with Gasteiger partial charge >= 0.3 is 0 Å². The molecular weight excluding hydrogens is 252 g/mol. The van der Waals surface area contributed by atoms with Crippen LogP contribution in [0.25, 0.3) is 0 Å². The number of aryl methyl sites for hydroxylation is 1. The lowest BCUT2D eigenvalue weighted by Gasteiger charge is -2.17. The van der Waals surface area contributed by atoms with Crippen molar-refractivity contribution < 1.29 is 9.53 Å². The second-order valence-electron chi connectivity index (χ2n) is 4.06. The van der Waals surface area contributed by atoms with Crippen LogP contribution in [0.15, 0.2) is 12.1 Å². The monoisotopic (exact) mass is 270 g/mol. The van der Waals surface area contributed by atoms with E-state index in [-0.39, 0.29) is 12.5 Å². The van der Waals surface area contributed by atoms with Crippen LogP contribution in [0.1, 0.15) is 12.5 Å². The number of rotatable bonds is 5. The quantitative estimate of drug-likeness (QED) is 0.894. The van der Waals surface area contributed by atoms with E-state index in [4.69, 9.17) is 16.3 Å². The minimum atomic E-state index is 0.0344. The zero-order valence-electron chi connectivity index (χ0n) is 11.2. The highest BCUT2D eigenvalue weighted by Gasteiger charge is 2.10. The summed E-state index contributed by atoms with van der Waals surface area (Å²) in [6.45, 7) is 4.77. The summed E-state index contributed by atoms with van der Waals surface area (Å²) in [5.41, 5.74) is 1.72. The van der Waals surface area contributed by atoms with Gasteiger partial charge in [-0.1, -0.05) is 11.6 Å². The number of ether oxygens (including phenoxy) is 1. The lowest BCUT2D eigenvalue weighted by atomic mass is 10.2. The molecule has 0 heterocycles. The summed E-state index contributed by atoms with van der Waals surface area (Å²) < 4.78 is 5.23. The predicted molar refractivity (Wildman–Crippen MR) is 74.5 cm³/mol. The van der Waals surface area contributed by atoms with E-state index >= 15 is 0 Å². The molecule has 1 N–H and O–H groups in total. The summed E-state index contributed by atoms with van der Waals surface area (Å²) in [4.78, 5) is 13.4. The molecule has 0 bridgehead atoms. The topological polar surface area (TPSA) is 41.6 Å². The third kappa shape index (κ3) is 3.53. The first-order chi connectivity index (χ1) is 8.49. The Bertz CT molecular complexity index is 435. The van der Waals surface area contributed by atoms with Gasteiger partial charge in [0.05, 0.1) is 19.3 Å². The van der Waals surface area contributed by atoms with Crippen LogP contribution >= 0.6 is 11.6 Å². The number of amides is 1. The van der Waals surface area contributed by atoms with Crippen molar-refractivity contribution in [3.8, 4) is 5.75 Å². The van der Waals surface area contributed by atoms with Crippen molar-refractivity contribution in [3.05, 3.63) is 22.7 Å². The lowest BCUT2D eigenvalue weighted by molar-refractivity contribution is -0.127. The molecule has 0 unspecified atom stereocenters. The number of halogens is 1. The molecule has 0 fully saturated rings. The largest absolute Gasteiger partial charge is 0.495 e. The Morgan fingerprint density at radius 2 is 2.17 bits per heavy atom. The summed E-state index contributed by atoms with van der Waals surface area (Å²) >= 11 is 6.02. The van der Waals surface area contributed by atoms with Crippen molar-refractivity contribution in [3.63, 3.8) is 0 Å². The number of carbonyl (C=O) groups excluding carboxylic acids is 1. The molecule has 1 amide bonds. The Kier molecular flexibility index (Phi) is 5.28. The van der Waals surface area contributed by atoms with Crippen LogP contribution in [0.5, 0.6) is 5.75 Å². The highest BCUT2D eigenvalue weighted by Crippen LogP contribution is 2.30. The van der Waals surface area contributed by atoms with E-state index in [1.807, 2.05) is 19.9 Å². The molecule has 1 rings (SSSR count). The van der Waals surface area contributed by atoms with Gasteiger partial charge in [0, 0.05) is 24.7 Å². The van der Waals surface area contributed by atoms with Crippen molar-refractivity contribution in [2.75, 3.05) is 32.6 Å². The number of hydrogen-bond acceptors (Lipinski definition) is 3. The fourth-order valence-electron chi connectivity index (χ4n) is 1.45. The van der Waals surface area contributed by atoms with Gasteiger partial charge in [0.1, 0.15) is 5.75 Å². The zero-order valence-corrected chi connectivity index (χ0v) is 12.0. The van der Waals surface area contributed by atoms with Gasteiger partial charge in [-0.05, 0) is 25.5 Å². The molecular formula is C13H19ClN2O2. The van der Waals surface area contributed by atoms with E-state index in [1.165, 1.54) is 0 Å². The van der Waals surface area contributed by atoms with Gasteiger partial charge < -0.3 is 15.0 Å². The normalized spacial score (nSPS) is 10.1. The van der Waals surface area contributed by atoms with E-state index < -0.39 is 0 Å². The molecule has 4 nitrogen and oxygen atoms in total. The van der Waals surface area contributed by atoms with Crippen LogP contribution in [0.4, 0.5) is 5.69 Å². The maximum absolute atomic E-state index is 11.7. The number of methoxy groups -OCH3 is 1. The zero-order chi connectivity index (χ0) is 13.7. The molecule has 5 heteroatoms. The number of carbonyl (C=O) groups is 1. The van der Waals surface area contributed by atoms with Crippen molar-refractivity contribution in [1.29, 1.82) is 0 Å². The SMILES string of the molecule is CCN(C)C(=O)CNc1cc(C)c(Cl)cc1OC. The number of nitrogens with one attached hydrogen (secondary N) is 1. The molecule has 0 aliphatic heterocycles. The van der Waals surface area contributed by atoms with Gasteiger partial charge in [-0.25, -0.2) is 0 Å². The minimum Gasteiger partial charge on any atom is -0.495 e. The van der Waals surface area contributed by atoms with Crippen LogP contribution in [0, 0.1) is 6.92 Å². The third-order valence-corrected chi connectivity index (χ3v) is 3.22. The number of anilines is 1. The molecule has 0 saturated carbocycles. The van der Waals surface area contributed by atoms with Gasteiger partial charge in [-0.3, -0.25) is 4.79 Å². The first-order valence-corrected chi connectivity index (χ1v) is 6.19. The molecule has 0 atom stereocenters. The second-order valence-corrected chi connectivity index (χ2v) is 4.47. The van der Waals surface area contributed by atoms with Crippen LogP contribution in [0.3, 0.4) is 0 Å². The highest BCUT2D eigenvalue weighted by molar-refractivity contribution is 6.31. The van der Waals surface area contributed by atoms with E-state index in [1.54, 1.807) is 25.1 Å². The van der Waals surface area contributed by atoms with E-state index in [9.17, 15) is 4.79 Å². The Morgan fingerprint density at radius 1 is 1.50 bits per heavy atom. The number of hydrogen-bond donors (Lipinski definition) is 1. The number of likely N-dealkylation sites (N-methyl/N-ethyl adjacent to an activating group) is 1. The molecule has 18 heavy (non-hydrogen) atoms. The molecule has 0 radical (unpaired) electrons. The summed E-state index contributed by atoms with van der Waals surface area (Å²) in [6, 6.07) is 3.62. The maximum atomic E-state index is 11.7. The van der Waals surface area contributed by atoms with Gasteiger partial charge in [0.15, 0.2) is 0 Å². The summed E-state index contributed by atoms with van der Waals surface area (Å²) in [6.07, 6.45) is 0. The Hall–Kier alpha value is -1.42. The second kappa shape index (κ2) is 6.50. The molecule has 0 aliphatic rings. The highest BCUT2D eigenvalue weighted by atomic mass is 35.5. The first kappa shape index (κ1) is 14.6. The average Bonchev–Trinajstić information content (AvgIpc) is 2.38. The van der Waals surface area contributed by atoms with E-state index in [0.29, 0.717) is 17.3 Å². The molecule has 0 aromatic heterocycles. The fourth-order valence-corrected chi connectivity index (χ4v) is 1.61. The van der Waals surface area contributed by atoms with Gasteiger partial charge in [-0.15, -0.1) is 0 Å². The molecule has 0 spiro atoms. The van der Waals surface area contributed by atoms with Crippen molar-refractivity contribution >= 4 is 23.2 Å².